The standard InChI is InChI=1S/C21H31N3O4/c1-14(2)24(15(3)4)19(25)16(5)28-21(27)18-7-6-12-23(13-18)20(26)17-8-10-22-11-9-17/h8-11,14-16,18H,6-7,12-13H2,1-5H3/t16-,18+/m1/s1. The Kier molecular flexibility index (Phi) is 7.54. The lowest BCUT2D eigenvalue weighted by Gasteiger charge is -2.34. The number of nitrogens with zero attached hydrogens (tertiary/aromatic N) is 3. The number of amides is 2. The Balaban J connectivity index is 1.98. The first-order valence-corrected chi connectivity index (χ1v) is 9.94. The summed E-state index contributed by atoms with van der Waals surface area (Å²) in [5.74, 6) is -1.14. The van der Waals surface area contributed by atoms with Crippen molar-refractivity contribution in [3.63, 3.8) is 0 Å². The van der Waals surface area contributed by atoms with E-state index in [4.69, 9.17) is 4.74 Å². The molecule has 0 radical (unpaired) electrons. The molecule has 0 N–H and O–H groups in total. The minimum Gasteiger partial charge on any atom is -0.452 e. The van der Waals surface area contributed by atoms with Crippen LogP contribution in [0, 0.1) is 5.92 Å². The maximum atomic E-state index is 12.7. The third-order valence-corrected chi connectivity index (χ3v) is 4.98. The predicted molar refractivity (Wildman–Crippen MR) is 106 cm³/mol. The van der Waals surface area contributed by atoms with Crippen LogP contribution in [0.5, 0.6) is 0 Å². The summed E-state index contributed by atoms with van der Waals surface area (Å²) in [5, 5.41) is 0. The molecule has 154 valence electrons. The number of likely N-dealkylation sites (tertiary alicyclic amines) is 1. The number of piperidine rings is 1. The summed E-state index contributed by atoms with van der Waals surface area (Å²) in [7, 11) is 0. The van der Waals surface area contributed by atoms with Crippen molar-refractivity contribution >= 4 is 17.8 Å². The summed E-state index contributed by atoms with van der Waals surface area (Å²) >= 11 is 0. The van der Waals surface area contributed by atoms with Crippen LogP contribution < -0.4 is 0 Å². The molecule has 7 nitrogen and oxygen atoms in total. The molecule has 1 fully saturated rings. The zero-order valence-electron chi connectivity index (χ0n) is 17.4. The molecule has 1 aromatic heterocycles. The maximum absolute atomic E-state index is 12.7. The number of rotatable bonds is 6. The van der Waals surface area contributed by atoms with E-state index in [1.54, 1.807) is 41.2 Å². The van der Waals surface area contributed by atoms with Crippen molar-refractivity contribution in [1.29, 1.82) is 0 Å². The number of hydrogen-bond acceptors (Lipinski definition) is 5. The molecule has 0 bridgehead atoms. The zero-order valence-corrected chi connectivity index (χ0v) is 17.4. The fraction of sp³-hybridized carbons (Fsp3) is 0.619. The predicted octanol–water partition coefficient (Wildman–Crippen LogP) is 2.51. The lowest BCUT2D eigenvalue weighted by atomic mass is 9.97. The zero-order chi connectivity index (χ0) is 20.8. The highest BCUT2D eigenvalue weighted by Crippen LogP contribution is 2.21. The van der Waals surface area contributed by atoms with Gasteiger partial charge in [-0.2, -0.15) is 0 Å². The minimum absolute atomic E-state index is 0.0248. The first-order chi connectivity index (χ1) is 13.2. The van der Waals surface area contributed by atoms with E-state index in [1.807, 2.05) is 27.7 Å². The van der Waals surface area contributed by atoms with Crippen LogP contribution in [0.15, 0.2) is 24.5 Å². The molecule has 0 aromatic carbocycles. The van der Waals surface area contributed by atoms with Crippen molar-refractivity contribution in [3.05, 3.63) is 30.1 Å². The monoisotopic (exact) mass is 389 g/mol. The molecule has 2 amide bonds. The summed E-state index contributed by atoms with van der Waals surface area (Å²) in [5.41, 5.74) is 0.553. The maximum Gasteiger partial charge on any atom is 0.311 e. The molecule has 2 heterocycles. The van der Waals surface area contributed by atoms with Crippen LogP contribution in [-0.4, -0.2) is 63.8 Å². The molecule has 28 heavy (non-hydrogen) atoms. The Morgan fingerprint density at radius 3 is 2.29 bits per heavy atom. The highest BCUT2D eigenvalue weighted by atomic mass is 16.5. The van der Waals surface area contributed by atoms with Crippen LogP contribution >= 0.6 is 0 Å². The smallest absolute Gasteiger partial charge is 0.311 e. The molecule has 0 spiro atoms. The average molecular weight is 389 g/mol. The van der Waals surface area contributed by atoms with E-state index >= 15 is 0 Å². The highest BCUT2D eigenvalue weighted by Gasteiger charge is 2.33. The van der Waals surface area contributed by atoms with E-state index in [2.05, 4.69) is 4.98 Å². The van der Waals surface area contributed by atoms with Gasteiger partial charge in [0.05, 0.1) is 5.92 Å². The number of carbonyl (C=O) groups excluding carboxylic acids is 3. The van der Waals surface area contributed by atoms with Gasteiger partial charge in [0, 0.05) is 43.1 Å². The van der Waals surface area contributed by atoms with Crippen molar-refractivity contribution in [2.45, 2.75) is 65.6 Å². The Hall–Kier alpha value is -2.44. The minimum atomic E-state index is -0.844. The number of esters is 1. The van der Waals surface area contributed by atoms with Gasteiger partial charge in [0.1, 0.15) is 0 Å². The van der Waals surface area contributed by atoms with Gasteiger partial charge in [-0.1, -0.05) is 0 Å². The molecule has 1 aliphatic heterocycles. The van der Waals surface area contributed by atoms with Gasteiger partial charge in [0.15, 0.2) is 6.10 Å². The van der Waals surface area contributed by atoms with Gasteiger partial charge in [-0.3, -0.25) is 19.4 Å². The number of carbonyl (C=O) groups is 3. The first kappa shape index (κ1) is 21.9. The Labute approximate surface area is 167 Å². The van der Waals surface area contributed by atoms with Crippen molar-refractivity contribution in [2.24, 2.45) is 5.92 Å². The molecule has 1 aromatic rings. The van der Waals surface area contributed by atoms with Crippen molar-refractivity contribution in [1.82, 2.24) is 14.8 Å². The first-order valence-electron chi connectivity index (χ1n) is 9.94. The van der Waals surface area contributed by atoms with Crippen LogP contribution in [0.2, 0.25) is 0 Å². The fourth-order valence-corrected chi connectivity index (χ4v) is 3.67. The van der Waals surface area contributed by atoms with E-state index in [-0.39, 0.29) is 23.9 Å². The van der Waals surface area contributed by atoms with E-state index < -0.39 is 18.0 Å². The summed E-state index contributed by atoms with van der Waals surface area (Å²) in [4.78, 5) is 45.3. The van der Waals surface area contributed by atoms with E-state index in [0.29, 0.717) is 25.1 Å². The van der Waals surface area contributed by atoms with Gasteiger partial charge in [-0.15, -0.1) is 0 Å². The SMILES string of the molecule is CC(C)N(C(=O)[C@@H](C)OC(=O)[C@H]1CCCN(C(=O)c2ccncc2)C1)C(C)C. The quantitative estimate of drug-likeness (QED) is 0.699. The number of ether oxygens (including phenoxy) is 1. The van der Waals surface area contributed by atoms with Crippen LogP contribution in [0.3, 0.4) is 0 Å². The number of pyridine rings is 1. The molecule has 2 atom stereocenters. The molecule has 1 saturated heterocycles. The summed E-state index contributed by atoms with van der Waals surface area (Å²) in [6, 6.07) is 3.38. The van der Waals surface area contributed by atoms with Crippen LogP contribution in [0.4, 0.5) is 0 Å². The molecule has 7 heteroatoms. The van der Waals surface area contributed by atoms with Crippen LogP contribution in [-0.2, 0) is 14.3 Å². The summed E-state index contributed by atoms with van der Waals surface area (Å²) < 4.78 is 5.49. The molecule has 1 aliphatic rings. The molecule has 0 aliphatic carbocycles. The number of aromatic nitrogens is 1. The number of hydrogen-bond donors (Lipinski definition) is 0. The van der Waals surface area contributed by atoms with Crippen molar-refractivity contribution in [2.75, 3.05) is 13.1 Å². The summed E-state index contributed by atoms with van der Waals surface area (Å²) in [6.45, 7) is 10.3. The lowest BCUT2D eigenvalue weighted by molar-refractivity contribution is -0.165. The van der Waals surface area contributed by atoms with E-state index in [9.17, 15) is 14.4 Å². The van der Waals surface area contributed by atoms with Gasteiger partial charge >= 0.3 is 5.97 Å². The van der Waals surface area contributed by atoms with Gasteiger partial charge in [-0.05, 0) is 59.6 Å². The summed E-state index contributed by atoms with van der Waals surface area (Å²) in [6.07, 6.45) is 3.68. The van der Waals surface area contributed by atoms with E-state index in [1.165, 1.54) is 0 Å². The molecule has 0 saturated carbocycles. The normalized spacial score (nSPS) is 18.1. The van der Waals surface area contributed by atoms with Gasteiger partial charge in [-0.25, -0.2) is 0 Å². The second-order valence-corrected chi connectivity index (χ2v) is 7.84. The Morgan fingerprint density at radius 1 is 1.11 bits per heavy atom. The highest BCUT2D eigenvalue weighted by molar-refractivity contribution is 5.94. The Morgan fingerprint density at radius 2 is 1.71 bits per heavy atom. The second-order valence-electron chi connectivity index (χ2n) is 7.84. The third-order valence-electron chi connectivity index (χ3n) is 4.98. The average Bonchev–Trinajstić information content (AvgIpc) is 2.67. The van der Waals surface area contributed by atoms with Gasteiger partial charge in [0.2, 0.25) is 0 Å². The Bertz CT molecular complexity index is 682. The van der Waals surface area contributed by atoms with Crippen molar-refractivity contribution in [3.8, 4) is 0 Å². The van der Waals surface area contributed by atoms with Crippen LogP contribution in [0.25, 0.3) is 0 Å². The third kappa shape index (κ3) is 5.30. The molecule has 2 rings (SSSR count). The van der Waals surface area contributed by atoms with Gasteiger partial charge < -0.3 is 14.5 Å². The fourth-order valence-electron chi connectivity index (χ4n) is 3.67. The second kappa shape index (κ2) is 9.66. The lowest BCUT2D eigenvalue weighted by Crippen LogP contribution is -2.48. The molecular weight excluding hydrogens is 358 g/mol. The molecule has 0 unspecified atom stereocenters. The van der Waals surface area contributed by atoms with Crippen molar-refractivity contribution < 1.29 is 19.1 Å². The van der Waals surface area contributed by atoms with Crippen LogP contribution in [0.1, 0.15) is 57.8 Å². The largest absolute Gasteiger partial charge is 0.452 e. The van der Waals surface area contributed by atoms with E-state index in [0.717, 1.165) is 6.42 Å². The molecular formula is C21H31N3O4. The topological polar surface area (TPSA) is 79.8 Å². The van der Waals surface area contributed by atoms with Gasteiger partial charge in [0.25, 0.3) is 11.8 Å².